The van der Waals surface area contributed by atoms with E-state index in [9.17, 15) is 13.2 Å². The van der Waals surface area contributed by atoms with Gasteiger partial charge in [0.05, 0.1) is 10.1 Å². The van der Waals surface area contributed by atoms with Crippen molar-refractivity contribution >= 4 is 15.7 Å². The quantitative estimate of drug-likeness (QED) is 0.763. The van der Waals surface area contributed by atoms with E-state index in [4.69, 9.17) is 0 Å². The highest BCUT2D eigenvalue weighted by molar-refractivity contribution is 7.92. The minimum Gasteiger partial charge on any atom is -0.344 e. The summed E-state index contributed by atoms with van der Waals surface area (Å²) in [6.45, 7) is 0.288. The zero-order valence-corrected chi connectivity index (χ0v) is 9.78. The first-order chi connectivity index (χ1) is 7.51. The third-order valence-corrected chi connectivity index (χ3v) is 4.94. The molecule has 1 atom stereocenters. The van der Waals surface area contributed by atoms with Crippen molar-refractivity contribution in [1.29, 1.82) is 0 Å². The maximum atomic E-state index is 12.1. The third-order valence-electron chi connectivity index (χ3n) is 2.82. The molecule has 4 nitrogen and oxygen atoms in total. The second kappa shape index (κ2) is 3.90. The van der Waals surface area contributed by atoms with Crippen molar-refractivity contribution in [2.75, 3.05) is 13.6 Å². The number of rotatable bonds is 2. The fourth-order valence-electron chi connectivity index (χ4n) is 1.83. The summed E-state index contributed by atoms with van der Waals surface area (Å²) >= 11 is 0. The highest BCUT2D eigenvalue weighted by Crippen LogP contribution is 2.23. The molecule has 1 aromatic carbocycles. The van der Waals surface area contributed by atoms with Gasteiger partial charge in [0.15, 0.2) is 9.84 Å². The van der Waals surface area contributed by atoms with Crippen LogP contribution in [-0.2, 0) is 14.6 Å². The molecule has 0 spiro atoms. The highest BCUT2D eigenvalue weighted by atomic mass is 32.2. The van der Waals surface area contributed by atoms with E-state index >= 15 is 0 Å². The van der Waals surface area contributed by atoms with Crippen LogP contribution < -0.4 is 0 Å². The molecule has 1 unspecified atom stereocenters. The molecule has 0 bridgehead atoms. The molecule has 1 heterocycles. The lowest BCUT2D eigenvalue weighted by Crippen LogP contribution is -2.25. The zero-order valence-electron chi connectivity index (χ0n) is 8.96. The third kappa shape index (κ3) is 1.82. The molecule has 0 aliphatic carbocycles. The van der Waals surface area contributed by atoms with Crippen LogP contribution in [0.15, 0.2) is 35.2 Å². The topological polar surface area (TPSA) is 54.5 Å². The lowest BCUT2D eigenvalue weighted by atomic mass is 10.4. The summed E-state index contributed by atoms with van der Waals surface area (Å²) in [7, 11) is -1.74. The van der Waals surface area contributed by atoms with Gasteiger partial charge in [0.25, 0.3) is 0 Å². The van der Waals surface area contributed by atoms with Crippen LogP contribution in [0.25, 0.3) is 0 Å². The molecular weight excluding hydrogens is 226 g/mol. The minimum absolute atomic E-state index is 0.0910. The van der Waals surface area contributed by atoms with Gasteiger partial charge < -0.3 is 4.90 Å². The Morgan fingerprint density at radius 2 is 1.88 bits per heavy atom. The van der Waals surface area contributed by atoms with Gasteiger partial charge in [-0.3, -0.25) is 4.79 Å². The van der Waals surface area contributed by atoms with E-state index in [1.807, 2.05) is 0 Å². The number of hydrogen-bond acceptors (Lipinski definition) is 3. The van der Waals surface area contributed by atoms with Gasteiger partial charge in [-0.05, 0) is 12.1 Å². The zero-order chi connectivity index (χ0) is 11.8. The monoisotopic (exact) mass is 239 g/mol. The molecule has 0 aromatic heterocycles. The van der Waals surface area contributed by atoms with Crippen LogP contribution in [0.5, 0.6) is 0 Å². The predicted octanol–water partition coefficient (Wildman–Crippen LogP) is 0.691. The molecule has 1 saturated heterocycles. The van der Waals surface area contributed by atoms with Gasteiger partial charge in [0, 0.05) is 20.0 Å². The van der Waals surface area contributed by atoms with Crippen LogP contribution in [0.3, 0.4) is 0 Å². The number of hydrogen-bond donors (Lipinski definition) is 0. The Morgan fingerprint density at radius 3 is 2.38 bits per heavy atom. The van der Waals surface area contributed by atoms with E-state index in [0.717, 1.165) is 0 Å². The van der Waals surface area contributed by atoms with Gasteiger partial charge in [-0.15, -0.1) is 0 Å². The second-order valence-electron chi connectivity index (χ2n) is 3.96. The van der Waals surface area contributed by atoms with E-state index in [0.29, 0.717) is 4.90 Å². The van der Waals surface area contributed by atoms with Crippen LogP contribution in [0.1, 0.15) is 6.42 Å². The van der Waals surface area contributed by atoms with Crippen molar-refractivity contribution in [1.82, 2.24) is 4.90 Å². The lowest BCUT2D eigenvalue weighted by molar-refractivity contribution is -0.126. The van der Waals surface area contributed by atoms with E-state index in [1.165, 1.54) is 4.90 Å². The molecule has 86 valence electrons. The first kappa shape index (κ1) is 11.1. The van der Waals surface area contributed by atoms with Gasteiger partial charge in [-0.25, -0.2) is 8.42 Å². The van der Waals surface area contributed by atoms with Crippen molar-refractivity contribution in [3.63, 3.8) is 0 Å². The van der Waals surface area contributed by atoms with Crippen molar-refractivity contribution in [2.45, 2.75) is 16.6 Å². The van der Waals surface area contributed by atoms with E-state index in [2.05, 4.69) is 0 Å². The van der Waals surface area contributed by atoms with Crippen molar-refractivity contribution in [2.24, 2.45) is 0 Å². The van der Waals surface area contributed by atoms with Gasteiger partial charge in [-0.1, -0.05) is 18.2 Å². The van der Waals surface area contributed by atoms with Crippen LogP contribution in [-0.4, -0.2) is 38.1 Å². The number of nitrogens with zero attached hydrogens (tertiary/aromatic N) is 1. The average molecular weight is 239 g/mol. The summed E-state index contributed by atoms with van der Waals surface area (Å²) in [4.78, 5) is 13.1. The van der Waals surface area contributed by atoms with Gasteiger partial charge in [0.2, 0.25) is 5.91 Å². The molecule has 1 aromatic rings. The Bertz CT molecular complexity index is 495. The van der Waals surface area contributed by atoms with E-state index < -0.39 is 15.1 Å². The summed E-state index contributed by atoms with van der Waals surface area (Å²) in [6, 6.07) is 8.28. The normalized spacial score (nSPS) is 21.4. The first-order valence-corrected chi connectivity index (χ1v) is 6.59. The summed E-state index contributed by atoms with van der Waals surface area (Å²) in [5.41, 5.74) is 0. The largest absolute Gasteiger partial charge is 0.344 e. The van der Waals surface area contributed by atoms with Gasteiger partial charge in [0.1, 0.15) is 0 Å². The van der Waals surface area contributed by atoms with E-state index in [-0.39, 0.29) is 18.9 Å². The number of carbonyl (C=O) groups excluding carboxylic acids is 1. The van der Waals surface area contributed by atoms with Crippen LogP contribution in [0.2, 0.25) is 0 Å². The van der Waals surface area contributed by atoms with Crippen LogP contribution in [0, 0.1) is 0 Å². The lowest BCUT2D eigenvalue weighted by Gasteiger charge is -2.11. The van der Waals surface area contributed by atoms with E-state index in [1.54, 1.807) is 37.4 Å². The molecule has 1 amide bonds. The standard InChI is InChI=1S/C11H13NO3S/c1-12-8-10(7-11(12)13)16(14,15)9-5-3-2-4-6-9/h2-6,10H,7-8H2,1H3. The smallest absolute Gasteiger partial charge is 0.223 e. The Balaban J connectivity index is 2.32. The maximum Gasteiger partial charge on any atom is 0.223 e. The Kier molecular flexibility index (Phi) is 2.71. The van der Waals surface area contributed by atoms with Crippen LogP contribution in [0.4, 0.5) is 0 Å². The molecule has 16 heavy (non-hydrogen) atoms. The minimum atomic E-state index is -3.37. The van der Waals surface area contributed by atoms with Gasteiger partial charge in [-0.2, -0.15) is 0 Å². The summed E-state index contributed by atoms with van der Waals surface area (Å²) in [5.74, 6) is -0.107. The average Bonchev–Trinajstić information content (AvgIpc) is 2.61. The fourth-order valence-corrected chi connectivity index (χ4v) is 3.54. The Hall–Kier alpha value is -1.36. The molecule has 1 fully saturated rings. The van der Waals surface area contributed by atoms with Crippen molar-refractivity contribution < 1.29 is 13.2 Å². The molecule has 0 saturated carbocycles. The molecule has 0 N–H and O–H groups in total. The number of benzene rings is 1. The molecule has 1 aliphatic rings. The first-order valence-electron chi connectivity index (χ1n) is 5.05. The second-order valence-corrected chi connectivity index (χ2v) is 6.19. The van der Waals surface area contributed by atoms with Crippen molar-refractivity contribution in [3.8, 4) is 0 Å². The summed E-state index contributed by atoms with van der Waals surface area (Å²) < 4.78 is 24.3. The maximum absolute atomic E-state index is 12.1. The fraction of sp³-hybridized carbons (Fsp3) is 0.364. The summed E-state index contributed by atoms with van der Waals surface area (Å²) in [5, 5.41) is -0.604. The molecule has 1 aliphatic heterocycles. The number of carbonyl (C=O) groups is 1. The summed E-state index contributed by atoms with van der Waals surface area (Å²) in [6.07, 6.45) is 0.0910. The molecule has 5 heteroatoms. The SMILES string of the molecule is CN1CC(S(=O)(=O)c2ccccc2)CC1=O. The van der Waals surface area contributed by atoms with Gasteiger partial charge >= 0.3 is 0 Å². The predicted molar refractivity (Wildman–Crippen MR) is 59.7 cm³/mol. The number of amides is 1. The number of sulfone groups is 1. The molecule has 0 radical (unpaired) electrons. The molecule has 2 rings (SSSR count). The van der Waals surface area contributed by atoms with Crippen molar-refractivity contribution in [3.05, 3.63) is 30.3 Å². The van der Waals surface area contributed by atoms with Crippen LogP contribution >= 0.6 is 0 Å². The Labute approximate surface area is 94.8 Å². The number of likely N-dealkylation sites (tertiary alicyclic amines) is 1. The highest BCUT2D eigenvalue weighted by Gasteiger charge is 2.37. The molecular formula is C11H13NO3S. The Morgan fingerprint density at radius 1 is 1.25 bits per heavy atom.